The van der Waals surface area contributed by atoms with Crippen LogP contribution in [0, 0.1) is 0 Å². The van der Waals surface area contributed by atoms with E-state index in [1.54, 1.807) is 23.5 Å². The van der Waals surface area contributed by atoms with Gasteiger partial charge in [0.25, 0.3) is 0 Å². The minimum absolute atomic E-state index is 0.197. The molecule has 0 saturated heterocycles. The Kier molecular flexibility index (Phi) is 4.20. The van der Waals surface area contributed by atoms with Gasteiger partial charge in [0.05, 0.1) is 19.2 Å². The van der Waals surface area contributed by atoms with E-state index in [0.717, 1.165) is 14.9 Å². The SMILES string of the molecule is Clc1ccc(C(Cl)c2csc(Br)c2)cc1Cl. The lowest BCUT2D eigenvalue weighted by Crippen LogP contribution is -1.90. The van der Waals surface area contributed by atoms with Crippen LogP contribution < -0.4 is 0 Å². The molecule has 0 aliphatic rings. The normalized spacial score (nSPS) is 12.8. The van der Waals surface area contributed by atoms with Crippen molar-refractivity contribution < 1.29 is 0 Å². The topological polar surface area (TPSA) is 0 Å². The van der Waals surface area contributed by atoms with Crippen LogP contribution >= 0.6 is 62.1 Å². The second-order valence-corrected chi connectivity index (χ2v) is 6.76. The molecule has 0 saturated carbocycles. The van der Waals surface area contributed by atoms with Crippen molar-refractivity contribution in [1.29, 1.82) is 0 Å². The van der Waals surface area contributed by atoms with Crippen LogP contribution in [0.4, 0.5) is 0 Å². The Labute approximate surface area is 121 Å². The van der Waals surface area contributed by atoms with Gasteiger partial charge < -0.3 is 0 Å². The zero-order valence-corrected chi connectivity index (χ0v) is 12.6. The number of hydrogen-bond donors (Lipinski definition) is 0. The highest BCUT2D eigenvalue weighted by Crippen LogP contribution is 2.35. The first-order valence-electron chi connectivity index (χ1n) is 4.41. The Morgan fingerprint density at radius 2 is 1.81 bits per heavy atom. The van der Waals surface area contributed by atoms with Crippen LogP contribution in [0.2, 0.25) is 10.0 Å². The first-order chi connectivity index (χ1) is 7.58. The van der Waals surface area contributed by atoms with Gasteiger partial charge in [0, 0.05) is 0 Å². The lowest BCUT2D eigenvalue weighted by molar-refractivity contribution is 1.15. The summed E-state index contributed by atoms with van der Waals surface area (Å²) in [6.07, 6.45) is 0. The van der Waals surface area contributed by atoms with Crippen molar-refractivity contribution >= 4 is 62.1 Å². The molecule has 2 aromatic rings. The van der Waals surface area contributed by atoms with E-state index in [-0.39, 0.29) is 5.38 Å². The molecule has 0 nitrogen and oxygen atoms in total. The van der Waals surface area contributed by atoms with Crippen molar-refractivity contribution in [3.8, 4) is 0 Å². The summed E-state index contributed by atoms with van der Waals surface area (Å²) in [5.74, 6) is 0. The van der Waals surface area contributed by atoms with Gasteiger partial charge in [0.15, 0.2) is 0 Å². The van der Waals surface area contributed by atoms with E-state index in [1.807, 2.05) is 17.5 Å². The third-order valence-electron chi connectivity index (χ3n) is 2.12. The molecule has 0 fully saturated rings. The van der Waals surface area contributed by atoms with Crippen molar-refractivity contribution in [1.82, 2.24) is 0 Å². The summed E-state index contributed by atoms with van der Waals surface area (Å²) in [7, 11) is 0. The van der Waals surface area contributed by atoms with Gasteiger partial charge in [-0.05, 0) is 50.6 Å². The molecule has 16 heavy (non-hydrogen) atoms. The van der Waals surface area contributed by atoms with Crippen LogP contribution in [-0.2, 0) is 0 Å². The van der Waals surface area contributed by atoms with E-state index < -0.39 is 0 Å². The van der Waals surface area contributed by atoms with Crippen molar-refractivity contribution in [2.45, 2.75) is 5.38 Å². The lowest BCUT2D eigenvalue weighted by atomic mass is 10.1. The Bertz CT molecular complexity index is 510. The molecular formula is C11H6BrCl3S. The van der Waals surface area contributed by atoms with E-state index in [1.165, 1.54) is 0 Å². The smallest absolute Gasteiger partial charge is 0.0844 e. The number of halogens is 4. The average Bonchev–Trinajstić information content (AvgIpc) is 2.68. The molecule has 1 heterocycles. The van der Waals surface area contributed by atoms with Crippen LogP contribution in [0.15, 0.2) is 33.4 Å². The maximum Gasteiger partial charge on any atom is 0.0844 e. The second-order valence-electron chi connectivity index (χ2n) is 3.22. The first kappa shape index (κ1) is 12.7. The molecule has 1 unspecified atom stereocenters. The standard InChI is InChI=1S/C11H6BrCl3S/c12-10-4-7(5-16-10)11(15)6-1-2-8(13)9(14)3-6/h1-5,11H. The van der Waals surface area contributed by atoms with Gasteiger partial charge in [-0.1, -0.05) is 29.3 Å². The van der Waals surface area contributed by atoms with E-state index in [9.17, 15) is 0 Å². The molecule has 1 aromatic carbocycles. The third kappa shape index (κ3) is 2.74. The van der Waals surface area contributed by atoms with Crippen molar-refractivity contribution in [2.24, 2.45) is 0 Å². The van der Waals surface area contributed by atoms with Crippen LogP contribution in [-0.4, -0.2) is 0 Å². The Balaban J connectivity index is 2.33. The fourth-order valence-electron chi connectivity index (χ4n) is 1.32. The molecule has 0 spiro atoms. The van der Waals surface area contributed by atoms with Crippen molar-refractivity contribution in [3.05, 3.63) is 54.6 Å². The predicted octanol–water partition coefficient (Wildman–Crippen LogP) is 6.15. The van der Waals surface area contributed by atoms with Gasteiger partial charge in [-0.25, -0.2) is 0 Å². The number of alkyl halides is 1. The molecule has 0 amide bonds. The largest absolute Gasteiger partial charge is 0.136 e. The summed E-state index contributed by atoms with van der Waals surface area (Å²) >= 11 is 23.2. The monoisotopic (exact) mass is 354 g/mol. The Morgan fingerprint density at radius 1 is 1.06 bits per heavy atom. The average molecular weight is 356 g/mol. The highest BCUT2D eigenvalue weighted by molar-refractivity contribution is 9.11. The summed E-state index contributed by atoms with van der Waals surface area (Å²) in [6.45, 7) is 0. The molecule has 2 rings (SSSR count). The van der Waals surface area contributed by atoms with E-state index in [2.05, 4.69) is 15.9 Å². The van der Waals surface area contributed by atoms with E-state index in [0.29, 0.717) is 10.0 Å². The molecular weight excluding hydrogens is 350 g/mol. The van der Waals surface area contributed by atoms with Gasteiger partial charge in [0.2, 0.25) is 0 Å². The number of rotatable bonds is 2. The molecule has 0 radical (unpaired) electrons. The molecule has 0 N–H and O–H groups in total. The van der Waals surface area contributed by atoms with Gasteiger partial charge in [-0.2, -0.15) is 0 Å². The summed E-state index contributed by atoms with van der Waals surface area (Å²) in [4.78, 5) is 0. The molecule has 84 valence electrons. The van der Waals surface area contributed by atoms with Gasteiger partial charge >= 0.3 is 0 Å². The molecule has 1 aromatic heterocycles. The fraction of sp³-hybridized carbons (Fsp3) is 0.0909. The maximum absolute atomic E-state index is 6.35. The van der Waals surface area contributed by atoms with Crippen molar-refractivity contribution in [3.63, 3.8) is 0 Å². The van der Waals surface area contributed by atoms with Crippen LogP contribution in [0.1, 0.15) is 16.5 Å². The number of thiophene rings is 1. The van der Waals surface area contributed by atoms with Crippen LogP contribution in [0.25, 0.3) is 0 Å². The van der Waals surface area contributed by atoms with E-state index in [4.69, 9.17) is 34.8 Å². The molecule has 0 bridgehead atoms. The molecule has 0 aliphatic heterocycles. The highest BCUT2D eigenvalue weighted by Gasteiger charge is 2.13. The van der Waals surface area contributed by atoms with E-state index >= 15 is 0 Å². The summed E-state index contributed by atoms with van der Waals surface area (Å²) < 4.78 is 1.06. The zero-order chi connectivity index (χ0) is 11.7. The van der Waals surface area contributed by atoms with Crippen LogP contribution in [0.3, 0.4) is 0 Å². The lowest BCUT2D eigenvalue weighted by Gasteiger charge is -2.08. The summed E-state index contributed by atoms with van der Waals surface area (Å²) in [6, 6.07) is 7.45. The van der Waals surface area contributed by atoms with Gasteiger partial charge in [-0.3, -0.25) is 0 Å². The summed E-state index contributed by atoms with van der Waals surface area (Å²) in [5, 5.41) is 2.89. The molecule has 1 atom stereocenters. The fourth-order valence-corrected chi connectivity index (χ4v) is 3.16. The van der Waals surface area contributed by atoms with Crippen molar-refractivity contribution in [2.75, 3.05) is 0 Å². The Hall–Kier alpha value is 0.270. The Morgan fingerprint density at radius 3 is 2.38 bits per heavy atom. The maximum atomic E-state index is 6.35. The minimum Gasteiger partial charge on any atom is -0.136 e. The zero-order valence-electron chi connectivity index (χ0n) is 7.88. The second kappa shape index (κ2) is 5.28. The number of hydrogen-bond acceptors (Lipinski definition) is 1. The quantitative estimate of drug-likeness (QED) is 0.567. The predicted molar refractivity (Wildman–Crippen MR) is 76.2 cm³/mol. The van der Waals surface area contributed by atoms with Crippen LogP contribution in [0.5, 0.6) is 0 Å². The van der Waals surface area contributed by atoms with Gasteiger partial charge in [-0.15, -0.1) is 22.9 Å². The summed E-state index contributed by atoms with van der Waals surface area (Å²) in [5.41, 5.74) is 2.00. The minimum atomic E-state index is -0.197. The molecule has 5 heteroatoms. The third-order valence-corrected chi connectivity index (χ3v) is 4.88. The van der Waals surface area contributed by atoms with Gasteiger partial charge in [0.1, 0.15) is 0 Å². The molecule has 0 aliphatic carbocycles. The first-order valence-corrected chi connectivity index (χ1v) is 7.27. The highest BCUT2D eigenvalue weighted by atomic mass is 79.9. The number of benzene rings is 1.